The number of hydrogen-bond acceptors (Lipinski definition) is 4. The lowest BCUT2D eigenvalue weighted by Gasteiger charge is -2.11. The molecule has 0 spiro atoms. The molecule has 3 aromatic rings. The lowest BCUT2D eigenvalue weighted by atomic mass is 10.1. The Morgan fingerprint density at radius 1 is 0.929 bits per heavy atom. The lowest BCUT2D eigenvalue weighted by Crippen LogP contribution is -2.03. The van der Waals surface area contributed by atoms with Gasteiger partial charge in [0.05, 0.1) is 21.9 Å². The van der Waals surface area contributed by atoms with E-state index in [9.17, 15) is 10.1 Å². The molecule has 0 bridgehead atoms. The van der Waals surface area contributed by atoms with Crippen molar-refractivity contribution in [1.29, 1.82) is 0 Å². The number of nitro benzene ring substituents is 1. The van der Waals surface area contributed by atoms with Gasteiger partial charge in [0.1, 0.15) is 0 Å². The van der Waals surface area contributed by atoms with Gasteiger partial charge in [-0.05, 0) is 50.3 Å². The second-order valence-corrected chi connectivity index (χ2v) is 6.46. The summed E-state index contributed by atoms with van der Waals surface area (Å²) in [7, 11) is 0. The summed E-state index contributed by atoms with van der Waals surface area (Å²) in [5, 5.41) is 14.7. The van der Waals surface area contributed by atoms with Crippen molar-refractivity contribution in [1.82, 2.24) is 0 Å². The summed E-state index contributed by atoms with van der Waals surface area (Å²) in [6.07, 6.45) is 3.40. The van der Waals surface area contributed by atoms with Crippen LogP contribution < -0.4 is 5.32 Å². The number of para-hydroxylation sites is 1. The van der Waals surface area contributed by atoms with E-state index < -0.39 is 0 Å². The third kappa shape index (κ3) is 4.92. The van der Waals surface area contributed by atoms with E-state index in [2.05, 4.69) is 10.3 Å². The Morgan fingerprint density at radius 2 is 1.54 bits per heavy atom. The van der Waals surface area contributed by atoms with Crippen LogP contribution in [-0.2, 0) is 0 Å². The van der Waals surface area contributed by atoms with Crippen molar-refractivity contribution in [2.75, 3.05) is 5.32 Å². The Bertz CT molecular complexity index is 1020. The van der Waals surface area contributed by atoms with Crippen LogP contribution in [0.5, 0.6) is 0 Å². The summed E-state index contributed by atoms with van der Waals surface area (Å²) in [4.78, 5) is 15.5. The molecule has 0 atom stereocenters. The number of benzene rings is 3. The highest BCUT2D eigenvalue weighted by Crippen LogP contribution is 2.27. The average Bonchev–Trinajstić information content (AvgIpc) is 2.70. The minimum absolute atomic E-state index is 0.0390. The summed E-state index contributed by atoms with van der Waals surface area (Å²) in [6, 6.07) is 22.4. The van der Waals surface area contributed by atoms with Gasteiger partial charge in [-0.2, -0.15) is 0 Å². The molecule has 0 fully saturated rings. The van der Waals surface area contributed by atoms with Gasteiger partial charge in [-0.3, -0.25) is 15.1 Å². The maximum atomic E-state index is 11.5. The fraction of sp³-hybridized carbons (Fsp3) is 0.0870. The monoisotopic (exact) mass is 371 g/mol. The Labute approximate surface area is 164 Å². The molecule has 0 aromatic heterocycles. The molecule has 28 heavy (non-hydrogen) atoms. The smallest absolute Gasteiger partial charge is 0.278 e. The quantitative estimate of drug-likeness (QED) is 0.325. The lowest BCUT2D eigenvalue weighted by molar-refractivity contribution is -0.385. The number of aliphatic imine (C=N–C) groups is 1. The number of anilines is 1. The van der Waals surface area contributed by atoms with E-state index in [1.807, 2.05) is 62.4 Å². The third-order valence-electron chi connectivity index (χ3n) is 4.22. The number of hydrogen-bond donors (Lipinski definition) is 1. The zero-order chi connectivity index (χ0) is 19.9. The van der Waals surface area contributed by atoms with E-state index in [1.54, 1.807) is 30.5 Å². The van der Waals surface area contributed by atoms with Crippen molar-refractivity contribution in [3.05, 3.63) is 106 Å². The van der Waals surface area contributed by atoms with Crippen LogP contribution in [0, 0.1) is 24.0 Å². The molecule has 140 valence electrons. The minimum atomic E-state index is -0.378. The van der Waals surface area contributed by atoms with Crippen molar-refractivity contribution in [3.8, 4) is 0 Å². The van der Waals surface area contributed by atoms with Gasteiger partial charge < -0.3 is 5.32 Å². The van der Waals surface area contributed by atoms with Crippen LogP contribution in [-0.4, -0.2) is 11.1 Å². The summed E-state index contributed by atoms with van der Waals surface area (Å²) in [5.74, 6) is 0. The highest BCUT2D eigenvalue weighted by molar-refractivity contribution is 5.92. The molecule has 5 heteroatoms. The summed E-state index contributed by atoms with van der Waals surface area (Å²) in [6.45, 7) is 4.03. The van der Waals surface area contributed by atoms with Crippen molar-refractivity contribution < 1.29 is 4.92 Å². The predicted octanol–water partition coefficient (Wildman–Crippen LogP) is 6.07. The first-order valence-corrected chi connectivity index (χ1v) is 8.91. The van der Waals surface area contributed by atoms with Crippen molar-refractivity contribution in [3.63, 3.8) is 0 Å². The number of nitro groups is 1. The van der Waals surface area contributed by atoms with E-state index in [-0.39, 0.29) is 10.6 Å². The van der Waals surface area contributed by atoms with Crippen LogP contribution in [0.25, 0.3) is 5.70 Å². The zero-order valence-corrected chi connectivity index (χ0v) is 15.8. The molecular weight excluding hydrogens is 350 g/mol. The first kappa shape index (κ1) is 19.0. The minimum Gasteiger partial charge on any atom is -0.355 e. The molecule has 0 aliphatic rings. The van der Waals surface area contributed by atoms with Gasteiger partial charge in [0.25, 0.3) is 5.69 Å². The molecule has 0 radical (unpaired) electrons. The summed E-state index contributed by atoms with van der Waals surface area (Å²) >= 11 is 0. The highest BCUT2D eigenvalue weighted by atomic mass is 16.6. The summed E-state index contributed by atoms with van der Waals surface area (Å²) in [5.41, 5.74) is 5.12. The molecule has 0 saturated heterocycles. The van der Waals surface area contributed by atoms with Gasteiger partial charge in [0, 0.05) is 18.0 Å². The van der Waals surface area contributed by atoms with Gasteiger partial charge in [0.15, 0.2) is 0 Å². The standard InChI is InChI=1S/C23H21N3O2/c1-17-7-11-19(12-8-17)24-16-15-22(25-20-13-9-18(2)10-14-20)21-5-3-4-6-23(21)26(27)28/h3-16,25H,1-2H3/b22-15+,24-16?. The maximum absolute atomic E-state index is 11.5. The van der Waals surface area contributed by atoms with Crippen molar-refractivity contribution in [2.24, 2.45) is 4.99 Å². The van der Waals surface area contributed by atoms with Gasteiger partial charge in [-0.25, -0.2) is 0 Å². The number of rotatable bonds is 6. The predicted molar refractivity (Wildman–Crippen MR) is 115 cm³/mol. The molecule has 0 aliphatic heterocycles. The molecule has 3 aromatic carbocycles. The number of aryl methyl sites for hydroxylation is 2. The SMILES string of the molecule is Cc1ccc(N=C/C=C(/Nc2ccc(C)cc2)c2ccccc2[N+](=O)[O-])cc1. The molecule has 5 nitrogen and oxygen atoms in total. The van der Waals surface area contributed by atoms with Crippen LogP contribution in [0.2, 0.25) is 0 Å². The van der Waals surface area contributed by atoms with E-state index in [0.29, 0.717) is 11.3 Å². The zero-order valence-electron chi connectivity index (χ0n) is 15.8. The molecule has 0 unspecified atom stereocenters. The van der Waals surface area contributed by atoms with E-state index in [0.717, 1.165) is 22.5 Å². The summed E-state index contributed by atoms with van der Waals surface area (Å²) < 4.78 is 0. The first-order valence-electron chi connectivity index (χ1n) is 8.91. The molecule has 0 aliphatic carbocycles. The van der Waals surface area contributed by atoms with Crippen molar-refractivity contribution in [2.45, 2.75) is 13.8 Å². The number of nitrogens with one attached hydrogen (secondary N) is 1. The van der Waals surface area contributed by atoms with E-state index >= 15 is 0 Å². The molecule has 0 amide bonds. The van der Waals surface area contributed by atoms with Crippen LogP contribution in [0.1, 0.15) is 16.7 Å². The molecule has 3 rings (SSSR count). The Kier molecular flexibility index (Phi) is 5.97. The second kappa shape index (κ2) is 8.77. The number of nitrogens with zero attached hydrogens (tertiary/aromatic N) is 2. The van der Waals surface area contributed by atoms with Crippen LogP contribution in [0.3, 0.4) is 0 Å². The highest BCUT2D eigenvalue weighted by Gasteiger charge is 2.16. The average molecular weight is 371 g/mol. The van der Waals surface area contributed by atoms with E-state index in [1.165, 1.54) is 6.07 Å². The largest absolute Gasteiger partial charge is 0.355 e. The van der Waals surface area contributed by atoms with Gasteiger partial charge >= 0.3 is 0 Å². The number of allylic oxidation sites excluding steroid dienone is 1. The molecule has 1 N–H and O–H groups in total. The molecule has 0 heterocycles. The fourth-order valence-corrected chi connectivity index (χ4v) is 2.68. The topological polar surface area (TPSA) is 67.5 Å². The Morgan fingerprint density at radius 3 is 2.18 bits per heavy atom. The first-order chi connectivity index (χ1) is 13.5. The second-order valence-electron chi connectivity index (χ2n) is 6.46. The van der Waals surface area contributed by atoms with Crippen LogP contribution >= 0.6 is 0 Å². The maximum Gasteiger partial charge on any atom is 0.278 e. The van der Waals surface area contributed by atoms with Crippen molar-refractivity contribution >= 4 is 29.0 Å². The fourth-order valence-electron chi connectivity index (χ4n) is 2.68. The normalized spacial score (nSPS) is 11.6. The van der Waals surface area contributed by atoms with Gasteiger partial charge in [-0.1, -0.05) is 47.5 Å². The van der Waals surface area contributed by atoms with Gasteiger partial charge in [0.2, 0.25) is 0 Å². The molecule has 0 saturated carbocycles. The van der Waals surface area contributed by atoms with Gasteiger partial charge in [-0.15, -0.1) is 0 Å². The van der Waals surface area contributed by atoms with Crippen LogP contribution in [0.4, 0.5) is 17.1 Å². The Balaban J connectivity index is 1.97. The molecular formula is C23H21N3O2. The van der Waals surface area contributed by atoms with E-state index in [4.69, 9.17) is 0 Å². The third-order valence-corrected chi connectivity index (χ3v) is 4.22. The van der Waals surface area contributed by atoms with Crippen LogP contribution in [0.15, 0.2) is 83.9 Å². The Hall–Kier alpha value is -3.73.